The second-order valence-corrected chi connectivity index (χ2v) is 5.58. The van der Waals surface area contributed by atoms with Crippen molar-refractivity contribution in [2.45, 2.75) is 32.1 Å². The molecule has 0 spiro atoms. The van der Waals surface area contributed by atoms with Gasteiger partial charge < -0.3 is 11.1 Å². The second-order valence-electron chi connectivity index (χ2n) is 5.14. The predicted octanol–water partition coefficient (Wildman–Crippen LogP) is 2.19. The molecule has 0 saturated heterocycles. The fraction of sp³-hybridized carbons (Fsp3) is 0.467. The van der Waals surface area contributed by atoms with Crippen molar-refractivity contribution in [1.29, 1.82) is 0 Å². The van der Waals surface area contributed by atoms with E-state index in [2.05, 4.69) is 17.4 Å². The Kier molecular flexibility index (Phi) is 4.53. The Bertz CT molecular complexity index is 454. The number of amides is 1. The normalized spacial score (nSPS) is 16.4. The minimum Gasteiger partial charge on any atom is -0.392 e. The van der Waals surface area contributed by atoms with Crippen LogP contribution in [0.4, 0.5) is 0 Å². The van der Waals surface area contributed by atoms with Crippen LogP contribution < -0.4 is 11.1 Å². The smallest absolute Gasteiger partial charge is 0.233 e. The van der Waals surface area contributed by atoms with E-state index in [9.17, 15) is 4.79 Å². The van der Waals surface area contributed by atoms with Gasteiger partial charge in [-0.15, -0.1) is 0 Å². The van der Waals surface area contributed by atoms with Crippen LogP contribution in [0.5, 0.6) is 0 Å². The summed E-state index contributed by atoms with van der Waals surface area (Å²) in [6.07, 6.45) is 4.54. The fourth-order valence-corrected chi connectivity index (χ4v) is 2.72. The highest BCUT2D eigenvalue weighted by Gasteiger charge is 2.46. The Morgan fingerprint density at radius 3 is 2.53 bits per heavy atom. The molecule has 3 N–H and O–H groups in total. The minimum absolute atomic E-state index is 0.0133. The standard InChI is InChI=1S/C15H20N2OS/c16-13(19)15(9-5-10-15)14(18)17-11-4-8-12-6-2-1-3-7-12/h1-3,6-7H,4-5,8-11H2,(H2,16,19)(H,17,18). The van der Waals surface area contributed by atoms with E-state index < -0.39 is 5.41 Å². The van der Waals surface area contributed by atoms with Gasteiger partial charge in [0, 0.05) is 6.54 Å². The molecule has 1 fully saturated rings. The SMILES string of the molecule is NC(=S)C1(C(=O)NCCCc2ccccc2)CCC1. The fourth-order valence-electron chi connectivity index (χ4n) is 2.42. The van der Waals surface area contributed by atoms with Crippen molar-refractivity contribution in [2.24, 2.45) is 11.1 Å². The zero-order valence-electron chi connectivity index (χ0n) is 11.0. The van der Waals surface area contributed by atoms with Gasteiger partial charge >= 0.3 is 0 Å². The van der Waals surface area contributed by atoms with Crippen LogP contribution in [0, 0.1) is 5.41 Å². The van der Waals surface area contributed by atoms with Gasteiger partial charge in [-0.2, -0.15) is 0 Å². The lowest BCUT2D eigenvalue weighted by molar-refractivity contribution is -0.130. The van der Waals surface area contributed by atoms with E-state index >= 15 is 0 Å². The summed E-state index contributed by atoms with van der Waals surface area (Å²) in [6.45, 7) is 0.679. The lowest BCUT2D eigenvalue weighted by Crippen LogP contribution is -2.53. The van der Waals surface area contributed by atoms with Crippen molar-refractivity contribution in [1.82, 2.24) is 5.32 Å². The third kappa shape index (κ3) is 3.13. The van der Waals surface area contributed by atoms with Crippen LogP contribution in [0.15, 0.2) is 30.3 Å². The third-order valence-electron chi connectivity index (χ3n) is 3.88. The quantitative estimate of drug-likeness (QED) is 0.618. The van der Waals surface area contributed by atoms with Gasteiger partial charge in [-0.25, -0.2) is 0 Å². The van der Waals surface area contributed by atoms with E-state index in [1.54, 1.807) is 0 Å². The maximum absolute atomic E-state index is 12.1. The number of carbonyl (C=O) groups is 1. The van der Waals surface area contributed by atoms with Gasteiger partial charge in [0.2, 0.25) is 5.91 Å². The summed E-state index contributed by atoms with van der Waals surface area (Å²) in [5, 5.41) is 2.97. The monoisotopic (exact) mass is 276 g/mol. The molecule has 19 heavy (non-hydrogen) atoms. The molecule has 4 heteroatoms. The largest absolute Gasteiger partial charge is 0.392 e. The molecule has 2 rings (SSSR count). The molecular weight excluding hydrogens is 256 g/mol. The van der Waals surface area contributed by atoms with Crippen molar-refractivity contribution >= 4 is 23.1 Å². The summed E-state index contributed by atoms with van der Waals surface area (Å²) >= 11 is 5.03. The van der Waals surface area contributed by atoms with Gasteiger partial charge in [0.1, 0.15) is 0 Å². The first-order chi connectivity index (χ1) is 9.15. The lowest BCUT2D eigenvalue weighted by Gasteiger charge is -2.39. The highest BCUT2D eigenvalue weighted by molar-refractivity contribution is 7.80. The van der Waals surface area contributed by atoms with Crippen LogP contribution in [0.2, 0.25) is 0 Å². The Morgan fingerprint density at radius 1 is 1.32 bits per heavy atom. The van der Waals surface area contributed by atoms with Crippen LogP contribution >= 0.6 is 12.2 Å². The summed E-state index contributed by atoms with van der Waals surface area (Å²) in [5.74, 6) is 0.0133. The highest BCUT2D eigenvalue weighted by atomic mass is 32.1. The molecule has 1 aromatic carbocycles. The maximum atomic E-state index is 12.1. The minimum atomic E-state index is -0.553. The van der Waals surface area contributed by atoms with Crippen LogP contribution in [-0.2, 0) is 11.2 Å². The van der Waals surface area contributed by atoms with Crippen LogP contribution in [-0.4, -0.2) is 17.4 Å². The Hall–Kier alpha value is -1.42. The zero-order valence-corrected chi connectivity index (χ0v) is 11.8. The summed E-state index contributed by atoms with van der Waals surface area (Å²) in [4.78, 5) is 12.5. The number of aryl methyl sites for hydroxylation is 1. The number of benzene rings is 1. The highest BCUT2D eigenvalue weighted by Crippen LogP contribution is 2.41. The van der Waals surface area contributed by atoms with Crippen LogP contribution in [0.25, 0.3) is 0 Å². The average Bonchev–Trinajstić information content (AvgIpc) is 2.34. The van der Waals surface area contributed by atoms with Crippen molar-refractivity contribution in [3.63, 3.8) is 0 Å². The van der Waals surface area contributed by atoms with E-state index in [1.807, 2.05) is 18.2 Å². The number of carbonyl (C=O) groups excluding carboxylic acids is 1. The molecule has 0 radical (unpaired) electrons. The molecule has 3 nitrogen and oxygen atoms in total. The van der Waals surface area contributed by atoms with Crippen molar-refractivity contribution < 1.29 is 4.79 Å². The van der Waals surface area contributed by atoms with E-state index in [1.165, 1.54) is 5.56 Å². The Morgan fingerprint density at radius 2 is 2.00 bits per heavy atom. The van der Waals surface area contributed by atoms with E-state index in [0.29, 0.717) is 11.5 Å². The molecule has 1 amide bonds. The van der Waals surface area contributed by atoms with Gasteiger partial charge in [-0.05, 0) is 31.2 Å². The predicted molar refractivity (Wildman–Crippen MR) is 80.8 cm³/mol. The van der Waals surface area contributed by atoms with Gasteiger partial charge in [0.15, 0.2) is 0 Å². The van der Waals surface area contributed by atoms with Gasteiger partial charge in [0.25, 0.3) is 0 Å². The van der Waals surface area contributed by atoms with Crippen molar-refractivity contribution in [2.75, 3.05) is 6.54 Å². The molecule has 102 valence electrons. The summed E-state index contributed by atoms with van der Waals surface area (Å²) < 4.78 is 0. The molecule has 0 unspecified atom stereocenters. The van der Waals surface area contributed by atoms with E-state index in [0.717, 1.165) is 32.1 Å². The number of thiocarbonyl (C=S) groups is 1. The summed E-state index contributed by atoms with van der Waals surface area (Å²) in [5.41, 5.74) is 6.44. The van der Waals surface area contributed by atoms with E-state index in [-0.39, 0.29) is 5.91 Å². The first-order valence-electron chi connectivity index (χ1n) is 6.77. The third-order valence-corrected chi connectivity index (χ3v) is 4.27. The maximum Gasteiger partial charge on any atom is 0.233 e. The van der Waals surface area contributed by atoms with E-state index in [4.69, 9.17) is 18.0 Å². The molecule has 1 aliphatic rings. The molecular formula is C15H20N2OS. The molecule has 0 aromatic heterocycles. The second kappa shape index (κ2) is 6.15. The van der Waals surface area contributed by atoms with Crippen LogP contribution in [0.3, 0.4) is 0 Å². The summed E-state index contributed by atoms with van der Waals surface area (Å²) in [6, 6.07) is 10.3. The number of nitrogens with one attached hydrogen (secondary N) is 1. The topological polar surface area (TPSA) is 55.1 Å². The Labute approximate surface area is 119 Å². The molecule has 0 heterocycles. The van der Waals surface area contributed by atoms with Crippen molar-refractivity contribution in [3.05, 3.63) is 35.9 Å². The first kappa shape index (κ1) is 14.0. The molecule has 1 aliphatic carbocycles. The lowest BCUT2D eigenvalue weighted by atomic mass is 9.68. The van der Waals surface area contributed by atoms with Gasteiger partial charge in [-0.1, -0.05) is 49.0 Å². The number of hydrogen-bond acceptors (Lipinski definition) is 2. The molecule has 0 aliphatic heterocycles. The van der Waals surface area contributed by atoms with Gasteiger partial charge in [-0.3, -0.25) is 4.79 Å². The molecule has 1 aromatic rings. The number of rotatable bonds is 6. The number of hydrogen-bond donors (Lipinski definition) is 2. The Balaban J connectivity index is 1.74. The first-order valence-corrected chi connectivity index (χ1v) is 7.18. The molecule has 0 atom stereocenters. The van der Waals surface area contributed by atoms with Crippen molar-refractivity contribution in [3.8, 4) is 0 Å². The summed E-state index contributed by atoms with van der Waals surface area (Å²) in [7, 11) is 0. The average molecular weight is 276 g/mol. The van der Waals surface area contributed by atoms with Crippen LogP contribution in [0.1, 0.15) is 31.2 Å². The molecule has 1 saturated carbocycles. The number of nitrogens with two attached hydrogens (primary N) is 1. The zero-order chi connectivity index (χ0) is 13.7. The van der Waals surface area contributed by atoms with Gasteiger partial charge in [0.05, 0.1) is 10.4 Å². The molecule has 0 bridgehead atoms.